The highest BCUT2D eigenvalue weighted by molar-refractivity contribution is 6.33. The van der Waals surface area contributed by atoms with Crippen molar-refractivity contribution in [3.8, 4) is 0 Å². The van der Waals surface area contributed by atoms with Gasteiger partial charge < -0.3 is 10.4 Å². The lowest BCUT2D eigenvalue weighted by Gasteiger charge is -2.07. The van der Waals surface area contributed by atoms with Crippen LogP contribution in [0.4, 0.5) is 11.5 Å². The average molecular weight is 284 g/mol. The van der Waals surface area contributed by atoms with Gasteiger partial charge in [-0.3, -0.25) is 0 Å². The van der Waals surface area contributed by atoms with Crippen molar-refractivity contribution in [2.75, 3.05) is 5.32 Å². The number of carboxylic acids is 1. The zero-order chi connectivity index (χ0) is 13.1. The van der Waals surface area contributed by atoms with Crippen LogP contribution in [0.2, 0.25) is 10.2 Å². The van der Waals surface area contributed by atoms with Crippen molar-refractivity contribution in [3.63, 3.8) is 0 Å². The number of rotatable bonds is 3. The van der Waals surface area contributed by atoms with E-state index in [1.165, 1.54) is 12.1 Å². The van der Waals surface area contributed by atoms with E-state index in [1.807, 2.05) is 0 Å². The molecule has 7 heteroatoms. The summed E-state index contributed by atoms with van der Waals surface area (Å²) >= 11 is 11.6. The highest BCUT2D eigenvalue weighted by Gasteiger charge is 2.07. The summed E-state index contributed by atoms with van der Waals surface area (Å²) < 4.78 is 0. The number of halogens is 2. The third kappa shape index (κ3) is 2.88. The van der Waals surface area contributed by atoms with Crippen molar-refractivity contribution in [1.29, 1.82) is 0 Å². The zero-order valence-corrected chi connectivity index (χ0v) is 10.4. The van der Waals surface area contributed by atoms with Gasteiger partial charge in [-0.25, -0.2) is 4.79 Å². The van der Waals surface area contributed by atoms with E-state index < -0.39 is 5.97 Å². The van der Waals surface area contributed by atoms with Crippen LogP contribution in [0.3, 0.4) is 0 Å². The largest absolute Gasteiger partial charge is 0.478 e. The molecule has 0 saturated heterocycles. The third-order valence-electron chi connectivity index (χ3n) is 2.11. The van der Waals surface area contributed by atoms with Gasteiger partial charge in [-0.2, -0.15) is 0 Å². The number of aromatic nitrogens is 2. The summed E-state index contributed by atoms with van der Waals surface area (Å²) in [6.45, 7) is 0. The van der Waals surface area contributed by atoms with Gasteiger partial charge >= 0.3 is 5.97 Å². The van der Waals surface area contributed by atoms with Crippen LogP contribution < -0.4 is 5.32 Å². The van der Waals surface area contributed by atoms with Crippen molar-refractivity contribution in [1.82, 2.24) is 10.2 Å². The number of anilines is 2. The lowest BCUT2D eigenvalue weighted by atomic mass is 10.2. The Bertz CT molecular complexity index is 587. The smallest absolute Gasteiger partial charge is 0.335 e. The Morgan fingerprint density at radius 3 is 2.50 bits per heavy atom. The van der Waals surface area contributed by atoms with E-state index in [1.54, 1.807) is 18.2 Å². The summed E-state index contributed by atoms with van der Waals surface area (Å²) in [6.07, 6.45) is 0. The van der Waals surface area contributed by atoms with Gasteiger partial charge in [-0.15, -0.1) is 10.2 Å². The number of benzene rings is 1. The van der Waals surface area contributed by atoms with Crippen LogP contribution in [0, 0.1) is 0 Å². The molecule has 0 radical (unpaired) electrons. The van der Waals surface area contributed by atoms with Crippen molar-refractivity contribution in [2.45, 2.75) is 0 Å². The van der Waals surface area contributed by atoms with Crippen LogP contribution in [-0.2, 0) is 0 Å². The van der Waals surface area contributed by atoms with Crippen LogP contribution in [0.15, 0.2) is 30.3 Å². The standard InChI is InChI=1S/C11H7Cl2N3O2/c12-7-5-6(11(17)18)1-2-8(7)14-10-4-3-9(13)15-16-10/h1-5H,(H,14,16)(H,17,18). The molecular weight excluding hydrogens is 277 g/mol. The molecule has 0 aliphatic heterocycles. The van der Waals surface area contributed by atoms with E-state index in [2.05, 4.69) is 15.5 Å². The second-order valence-electron chi connectivity index (χ2n) is 3.37. The van der Waals surface area contributed by atoms with Gasteiger partial charge in [0, 0.05) is 0 Å². The normalized spacial score (nSPS) is 10.1. The molecule has 0 aliphatic rings. The fraction of sp³-hybridized carbons (Fsp3) is 0. The maximum Gasteiger partial charge on any atom is 0.335 e. The summed E-state index contributed by atoms with van der Waals surface area (Å²) in [5, 5.41) is 19.8. The van der Waals surface area contributed by atoms with E-state index in [0.717, 1.165) is 0 Å². The molecule has 2 N–H and O–H groups in total. The minimum atomic E-state index is -1.03. The molecule has 18 heavy (non-hydrogen) atoms. The Kier molecular flexibility index (Phi) is 3.64. The van der Waals surface area contributed by atoms with Gasteiger partial charge in [0.05, 0.1) is 16.3 Å². The van der Waals surface area contributed by atoms with Gasteiger partial charge in [0.1, 0.15) is 0 Å². The fourth-order valence-corrected chi connectivity index (χ4v) is 1.60. The first-order valence-electron chi connectivity index (χ1n) is 4.85. The molecule has 2 aromatic rings. The summed E-state index contributed by atoms with van der Waals surface area (Å²) in [5.74, 6) is -0.570. The van der Waals surface area contributed by atoms with E-state index >= 15 is 0 Å². The first-order chi connectivity index (χ1) is 8.56. The van der Waals surface area contributed by atoms with E-state index in [-0.39, 0.29) is 15.7 Å². The van der Waals surface area contributed by atoms with E-state index in [9.17, 15) is 4.79 Å². The molecule has 5 nitrogen and oxygen atoms in total. The van der Waals surface area contributed by atoms with Gasteiger partial charge in [0.2, 0.25) is 0 Å². The molecule has 0 fully saturated rings. The highest BCUT2D eigenvalue weighted by atomic mass is 35.5. The SMILES string of the molecule is O=C(O)c1ccc(Nc2ccc(Cl)nn2)c(Cl)c1. The van der Waals surface area contributed by atoms with Gasteiger partial charge in [-0.05, 0) is 30.3 Å². The first kappa shape index (κ1) is 12.6. The second kappa shape index (κ2) is 5.20. The Labute approximate surface area is 112 Å². The fourth-order valence-electron chi connectivity index (χ4n) is 1.27. The van der Waals surface area contributed by atoms with Crippen LogP contribution in [0.1, 0.15) is 10.4 Å². The molecule has 0 bridgehead atoms. The molecule has 1 heterocycles. The Hall–Kier alpha value is -1.85. The lowest BCUT2D eigenvalue weighted by molar-refractivity contribution is 0.0697. The van der Waals surface area contributed by atoms with Gasteiger partial charge in [0.15, 0.2) is 11.0 Å². The monoisotopic (exact) mass is 283 g/mol. The predicted octanol–water partition coefficient (Wildman–Crippen LogP) is 3.23. The Morgan fingerprint density at radius 1 is 1.17 bits per heavy atom. The number of nitrogens with one attached hydrogen (secondary N) is 1. The molecule has 1 aromatic heterocycles. The molecule has 0 spiro atoms. The number of hydrogen-bond acceptors (Lipinski definition) is 4. The van der Waals surface area contributed by atoms with Crippen molar-refractivity contribution in [2.24, 2.45) is 0 Å². The van der Waals surface area contributed by atoms with Crippen LogP contribution in [-0.4, -0.2) is 21.3 Å². The summed E-state index contributed by atoms with van der Waals surface area (Å²) in [7, 11) is 0. The van der Waals surface area contributed by atoms with E-state index in [4.69, 9.17) is 28.3 Å². The molecular formula is C11H7Cl2N3O2. The summed E-state index contributed by atoms with van der Waals surface area (Å²) in [6, 6.07) is 7.57. The Balaban J connectivity index is 2.24. The topological polar surface area (TPSA) is 75.1 Å². The van der Waals surface area contributed by atoms with Crippen molar-refractivity contribution < 1.29 is 9.90 Å². The molecule has 0 atom stereocenters. The van der Waals surface area contributed by atoms with Crippen LogP contribution >= 0.6 is 23.2 Å². The number of carboxylic acid groups (broad SMARTS) is 1. The number of hydrogen-bond donors (Lipinski definition) is 2. The minimum absolute atomic E-state index is 0.118. The van der Waals surface area contributed by atoms with Gasteiger partial charge in [0.25, 0.3) is 0 Å². The summed E-state index contributed by atoms with van der Waals surface area (Å²) in [5.41, 5.74) is 0.658. The zero-order valence-electron chi connectivity index (χ0n) is 8.89. The molecule has 92 valence electrons. The second-order valence-corrected chi connectivity index (χ2v) is 4.16. The Morgan fingerprint density at radius 2 is 1.94 bits per heavy atom. The predicted molar refractivity (Wildman–Crippen MR) is 68.7 cm³/mol. The number of aromatic carboxylic acids is 1. The minimum Gasteiger partial charge on any atom is -0.478 e. The lowest BCUT2D eigenvalue weighted by Crippen LogP contribution is -1.99. The van der Waals surface area contributed by atoms with Crippen molar-refractivity contribution in [3.05, 3.63) is 46.1 Å². The maximum absolute atomic E-state index is 10.7. The van der Waals surface area contributed by atoms with E-state index in [0.29, 0.717) is 11.5 Å². The molecule has 0 unspecified atom stereocenters. The summed E-state index contributed by atoms with van der Waals surface area (Å²) in [4.78, 5) is 10.7. The number of carbonyl (C=O) groups is 1. The molecule has 2 rings (SSSR count). The maximum atomic E-state index is 10.7. The molecule has 0 amide bonds. The van der Waals surface area contributed by atoms with Crippen LogP contribution in [0.5, 0.6) is 0 Å². The first-order valence-corrected chi connectivity index (χ1v) is 5.61. The average Bonchev–Trinajstić information content (AvgIpc) is 2.34. The van der Waals surface area contributed by atoms with Crippen LogP contribution in [0.25, 0.3) is 0 Å². The number of nitrogens with zero attached hydrogens (tertiary/aromatic N) is 2. The highest BCUT2D eigenvalue weighted by Crippen LogP contribution is 2.25. The molecule has 1 aromatic carbocycles. The van der Waals surface area contributed by atoms with Gasteiger partial charge in [-0.1, -0.05) is 23.2 Å². The van der Waals surface area contributed by atoms with Crippen molar-refractivity contribution >= 4 is 40.7 Å². The molecule has 0 aliphatic carbocycles. The quantitative estimate of drug-likeness (QED) is 0.905. The third-order valence-corrected chi connectivity index (χ3v) is 2.63. The molecule has 0 saturated carbocycles.